The summed E-state index contributed by atoms with van der Waals surface area (Å²) in [4.78, 5) is 15.4. The molecule has 0 saturated carbocycles. The first-order chi connectivity index (χ1) is 14.3. The van der Waals surface area contributed by atoms with Gasteiger partial charge in [0, 0.05) is 18.7 Å². The molecular formula is C20H25F3N4O2S. The van der Waals surface area contributed by atoms with E-state index < -0.39 is 12.2 Å². The van der Waals surface area contributed by atoms with Crippen molar-refractivity contribution in [1.29, 1.82) is 0 Å². The van der Waals surface area contributed by atoms with Crippen molar-refractivity contribution in [2.75, 3.05) is 19.0 Å². The van der Waals surface area contributed by atoms with Gasteiger partial charge in [0.15, 0.2) is 11.1 Å². The number of piperidine rings is 1. The van der Waals surface area contributed by atoms with E-state index in [4.69, 9.17) is 4.74 Å². The van der Waals surface area contributed by atoms with Crippen molar-refractivity contribution in [2.45, 2.75) is 63.3 Å². The van der Waals surface area contributed by atoms with Gasteiger partial charge in [-0.15, -0.1) is 0 Å². The number of alkyl halides is 3. The molecule has 0 radical (unpaired) electrons. The minimum absolute atomic E-state index is 0.0452. The topological polar surface area (TPSA) is 59.4 Å². The summed E-state index contributed by atoms with van der Waals surface area (Å²) in [5.74, 6) is 0.243. The third-order valence-electron chi connectivity index (χ3n) is 5.88. The zero-order valence-electron chi connectivity index (χ0n) is 16.9. The van der Waals surface area contributed by atoms with Gasteiger partial charge in [0.05, 0.1) is 23.7 Å². The highest BCUT2D eigenvalue weighted by Gasteiger charge is 2.46. The van der Waals surface area contributed by atoms with E-state index in [1.54, 1.807) is 30.2 Å². The summed E-state index contributed by atoms with van der Waals surface area (Å²) in [5.41, 5.74) is 0.514. The van der Waals surface area contributed by atoms with Gasteiger partial charge in [-0.1, -0.05) is 18.3 Å². The highest BCUT2D eigenvalue weighted by molar-refractivity contribution is 7.15. The lowest BCUT2D eigenvalue weighted by Crippen LogP contribution is -2.39. The summed E-state index contributed by atoms with van der Waals surface area (Å²) in [6.45, 7) is 2.43. The number of carbonyl (C=O) groups excluding carboxylic acids is 1. The third kappa shape index (κ3) is 3.89. The lowest BCUT2D eigenvalue weighted by atomic mass is 9.99. The van der Waals surface area contributed by atoms with Crippen molar-refractivity contribution in [3.05, 3.63) is 28.8 Å². The molecule has 3 atom stereocenters. The Labute approximate surface area is 177 Å². The number of aromatic nitrogens is 2. The summed E-state index contributed by atoms with van der Waals surface area (Å²) >= 11 is 1.27. The first-order valence-electron chi connectivity index (χ1n) is 10.2. The Morgan fingerprint density at radius 1 is 1.37 bits per heavy atom. The van der Waals surface area contributed by atoms with Crippen molar-refractivity contribution in [3.8, 4) is 5.06 Å². The minimum atomic E-state index is -4.37. The highest BCUT2D eigenvalue weighted by atomic mass is 32.1. The summed E-state index contributed by atoms with van der Waals surface area (Å²) in [6.07, 6.45) is -1.38. The fraction of sp³-hybridized carbons (Fsp3) is 0.600. The number of nitrogens with zero attached hydrogens (tertiary/aromatic N) is 3. The lowest BCUT2D eigenvalue weighted by molar-refractivity contribution is -0.173. The SMILES string of the molecule is CC[C@@H]1C[C@H](C(F)(F)F)n2nc([C@@H]3CCCCN3C(=O)c3ccc(OC)s3)cc2N1. The van der Waals surface area contributed by atoms with Crippen LogP contribution in [0.3, 0.4) is 0 Å². The van der Waals surface area contributed by atoms with E-state index in [0.29, 0.717) is 40.8 Å². The van der Waals surface area contributed by atoms with E-state index in [-0.39, 0.29) is 24.4 Å². The molecule has 0 aliphatic carbocycles. The maximum absolute atomic E-state index is 13.7. The van der Waals surface area contributed by atoms with Crippen molar-refractivity contribution >= 4 is 23.1 Å². The summed E-state index contributed by atoms with van der Waals surface area (Å²) in [5, 5.41) is 8.18. The van der Waals surface area contributed by atoms with Crippen molar-refractivity contribution < 1.29 is 22.7 Å². The van der Waals surface area contributed by atoms with Crippen LogP contribution in [0.15, 0.2) is 18.2 Å². The molecule has 2 aliphatic rings. The third-order valence-corrected chi connectivity index (χ3v) is 6.91. The molecule has 2 aromatic heterocycles. The van der Waals surface area contributed by atoms with Gasteiger partial charge in [-0.25, -0.2) is 4.68 Å². The second kappa shape index (κ2) is 8.13. The van der Waals surface area contributed by atoms with Crippen molar-refractivity contribution in [2.24, 2.45) is 0 Å². The standard InChI is InChI=1S/C20H25F3N4O2S/c1-3-12-10-16(20(21,22)23)27-17(24-12)11-13(25-27)14-6-4-5-9-26(14)19(28)15-7-8-18(29-2)30-15/h7-8,11-12,14,16,24H,3-6,9-10H2,1-2H3/t12-,14+,16-/m1/s1. The average molecular weight is 443 g/mol. The Morgan fingerprint density at radius 2 is 2.17 bits per heavy atom. The van der Waals surface area contributed by atoms with Gasteiger partial charge in [0.2, 0.25) is 0 Å². The lowest BCUT2D eigenvalue weighted by Gasteiger charge is -2.34. The molecule has 0 bridgehead atoms. The number of hydrogen-bond acceptors (Lipinski definition) is 5. The average Bonchev–Trinajstić information content (AvgIpc) is 3.38. The largest absolute Gasteiger partial charge is 0.487 e. The molecule has 1 fully saturated rings. The number of carbonyl (C=O) groups is 1. The number of amides is 1. The van der Waals surface area contributed by atoms with E-state index in [0.717, 1.165) is 17.5 Å². The van der Waals surface area contributed by atoms with Crippen LogP contribution in [0.5, 0.6) is 5.06 Å². The van der Waals surface area contributed by atoms with Crippen molar-refractivity contribution in [3.63, 3.8) is 0 Å². The number of nitrogens with one attached hydrogen (secondary N) is 1. The predicted molar refractivity (Wildman–Crippen MR) is 108 cm³/mol. The van der Waals surface area contributed by atoms with Crippen LogP contribution in [0.1, 0.15) is 66.5 Å². The van der Waals surface area contributed by atoms with E-state index in [1.165, 1.54) is 11.3 Å². The summed E-state index contributed by atoms with van der Waals surface area (Å²) in [6, 6.07) is 2.91. The van der Waals surface area contributed by atoms with E-state index in [2.05, 4.69) is 10.4 Å². The summed E-state index contributed by atoms with van der Waals surface area (Å²) in [7, 11) is 1.55. The number of thiophene rings is 1. The Kier molecular flexibility index (Phi) is 5.69. The van der Waals surface area contributed by atoms with Crippen LogP contribution in [0.2, 0.25) is 0 Å². The second-order valence-electron chi connectivity index (χ2n) is 7.77. The van der Waals surface area contributed by atoms with Gasteiger partial charge in [-0.05, 0) is 44.2 Å². The molecule has 4 rings (SSSR count). The van der Waals surface area contributed by atoms with Gasteiger partial charge in [0.25, 0.3) is 5.91 Å². The zero-order chi connectivity index (χ0) is 21.5. The van der Waals surface area contributed by atoms with E-state index in [1.807, 2.05) is 6.92 Å². The number of likely N-dealkylation sites (tertiary alicyclic amines) is 1. The van der Waals surface area contributed by atoms with Gasteiger partial charge in [-0.2, -0.15) is 18.3 Å². The molecule has 164 valence electrons. The molecule has 0 unspecified atom stereocenters. The molecule has 2 aromatic rings. The predicted octanol–water partition coefficient (Wildman–Crippen LogP) is 5.02. The molecule has 6 nitrogen and oxygen atoms in total. The molecule has 10 heteroatoms. The second-order valence-corrected chi connectivity index (χ2v) is 8.82. The smallest absolute Gasteiger partial charge is 0.410 e. The first kappa shape index (κ1) is 21.0. The Bertz CT molecular complexity index is 910. The van der Waals surface area contributed by atoms with Crippen molar-refractivity contribution in [1.82, 2.24) is 14.7 Å². The van der Waals surface area contributed by atoms with Crippen LogP contribution in [0.25, 0.3) is 0 Å². The monoisotopic (exact) mass is 442 g/mol. The molecule has 0 spiro atoms. The van der Waals surface area contributed by atoms with Gasteiger partial charge < -0.3 is 15.0 Å². The first-order valence-corrected chi connectivity index (χ1v) is 11.0. The number of halogens is 3. The molecule has 1 amide bonds. The molecule has 0 aromatic carbocycles. The number of fused-ring (bicyclic) bond motifs is 1. The van der Waals surface area contributed by atoms with E-state index >= 15 is 0 Å². The van der Waals surface area contributed by atoms with Gasteiger partial charge in [0.1, 0.15) is 5.82 Å². The number of ether oxygens (including phenoxy) is 1. The maximum Gasteiger partial charge on any atom is 0.410 e. The number of hydrogen-bond donors (Lipinski definition) is 1. The molecule has 1 saturated heterocycles. The Balaban J connectivity index is 1.65. The Morgan fingerprint density at radius 3 is 2.83 bits per heavy atom. The van der Waals surface area contributed by atoms with Crippen LogP contribution in [0, 0.1) is 0 Å². The van der Waals surface area contributed by atoms with Crippen LogP contribution in [-0.2, 0) is 0 Å². The molecule has 1 N–H and O–H groups in total. The molecule has 30 heavy (non-hydrogen) atoms. The van der Waals surface area contributed by atoms with Crippen LogP contribution < -0.4 is 10.1 Å². The van der Waals surface area contributed by atoms with Crippen LogP contribution in [-0.4, -0.2) is 46.5 Å². The van der Waals surface area contributed by atoms with Gasteiger partial charge >= 0.3 is 6.18 Å². The van der Waals surface area contributed by atoms with Gasteiger partial charge in [-0.3, -0.25) is 4.79 Å². The molecular weight excluding hydrogens is 417 g/mol. The molecule has 2 aliphatic heterocycles. The number of methoxy groups -OCH3 is 1. The normalized spacial score (nSPS) is 24.3. The number of anilines is 1. The Hall–Kier alpha value is -2.23. The minimum Gasteiger partial charge on any atom is -0.487 e. The molecule has 4 heterocycles. The van der Waals surface area contributed by atoms with Crippen LogP contribution in [0.4, 0.5) is 19.0 Å². The van der Waals surface area contributed by atoms with E-state index in [9.17, 15) is 18.0 Å². The fourth-order valence-electron chi connectivity index (χ4n) is 4.27. The number of rotatable bonds is 4. The summed E-state index contributed by atoms with van der Waals surface area (Å²) < 4.78 is 47.3. The fourth-order valence-corrected chi connectivity index (χ4v) is 5.05. The highest BCUT2D eigenvalue weighted by Crippen LogP contribution is 2.42. The maximum atomic E-state index is 13.7. The van der Waals surface area contributed by atoms with Crippen LogP contribution >= 0.6 is 11.3 Å². The quantitative estimate of drug-likeness (QED) is 0.723. The zero-order valence-corrected chi connectivity index (χ0v) is 17.7.